The molecule has 5 rings (SSSR count). The van der Waals surface area contributed by atoms with E-state index in [1.54, 1.807) is 12.3 Å². The van der Waals surface area contributed by atoms with Crippen molar-refractivity contribution < 1.29 is 14.6 Å². The van der Waals surface area contributed by atoms with Crippen LogP contribution in [0, 0.1) is 0 Å². The molecule has 0 spiro atoms. The largest absolute Gasteiger partial charge is 0.478 e. The molecule has 162 valence electrons. The summed E-state index contributed by atoms with van der Waals surface area (Å²) >= 11 is 0. The lowest BCUT2D eigenvalue weighted by molar-refractivity contribution is 0.0696. The molecular weight excluding hydrogens is 406 g/mol. The van der Waals surface area contributed by atoms with Crippen molar-refractivity contribution in [3.8, 4) is 11.3 Å². The lowest BCUT2D eigenvalue weighted by Crippen LogP contribution is -2.37. The van der Waals surface area contributed by atoms with Gasteiger partial charge in [0.15, 0.2) is 0 Å². The predicted octanol–water partition coefficient (Wildman–Crippen LogP) is 3.91. The molecule has 3 heterocycles. The Bertz CT molecular complexity index is 1290. The molecular formula is C24H23N5O3. The predicted molar refractivity (Wildman–Crippen MR) is 124 cm³/mol. The topological polar surface area (TPSA) is 92.5 Å². The molecule has 0 aliphatic carbocycles. The number of nitrogens with zero attached hydrogens (tertiary/aromatic N) is 4. The Kier molecular flexibility index (Phi) is 5.20. The van der Waals surface area contributed by atoms with E-state index < -0.39 is 5.97 Å². The van der Waals surface area contributed by atoms with Crippen molar-refractivity contribution >= 4 is 34.2 Å². The lowest BCUT2D eigenvalue weighted by atomic mass is 10.1. The second kappa shape index (κ2) is 8.32. The van der Waals surface area contributed by atoms with Crippen molar-refractivity contribution in [2.75, 3.05) is 36.5 Å². The monoisotopic (exact) mass is 429 g/mol. The highest BCUT2D eigenvalue weighted by Gasteiger charge is 2.19. The highest BCUT2D eigenvalue weighted by molar-refractivity contribution is 5.96. The van der Waals surface area contributed by atoms with E-state index in [1.165, 1.54) is 0 Å². The Hall–Kier alpha value is -3.91. The summed E-state index contributed by atoms with van der Waals surface area (Å²) in [6.07, 6.45) is 3.75. The first-order valence-electron chi connectivity index (χ1n) is 10.4. The van der Waals surface area contributed by atoms with Crippen molar-refractivity contribution in [1.82, 2.24) is 14.5 Å². The normalized spacial score (nSPS) is 14.0. The van der Waals surface area contributed by atoms with E-state index in [0.29, 0.717) is 43.6 Å². The minimum Gasteiger partial charge on any atom is -0.478 e. The summed E-state index contributed by atoms with van der Waals surface area (Å²) in [4.78, 5) is 23.0. The molecule has 0 bridgehead atoms. The number of carboxylic acid groups (broad SMARTS) is 1. The fourth-order valence-electron chi connectivity index (χ4n) is 4.11. The van der Waals surface area contributed by atoms with Crippen LogP contribution in [-0.4, -0.2) is 51.9 Å². The van der Waals surface area contributed by atoms with Crippen LogP contribution in [0.2, 0.25) is 0 Å². The van der Waals surface area contributed by atoms with Crippen molar-refractivity contribution in [3.63, 3.8) is 0 Å². The molecule has 1 saturated heterocycles. The third kappa shape index (κ3) is 3.76. The van der Waals surface area contributed by atoms with Gasteiger partial charge in [-0.1, -0.05) is 18.2 Å². The van der Waals surface area contributed by atoms with E-state index in [1.807, 2.05) is 42.3 Å². The van der Waals surface area contributed by atoms with Gasteiger partial charge in [-0.15, -0.1) is 0 Å². The summed E-state index contributed by atoms with van der Waals surface area (Å²) in [5.41, 5.74) is 4.49. The van der Waals surface area contributed by atoms with Gasteiger partial charge in [0.05, 0.1) is 30.2 Å². The van der Waals surface area contributed by atoms with Gasteiger partial charge in [0, 0.05) is 54.7 Å². The number of hydrogen-bond donors (Lipinski definition) is 2. The summed E-state index contributed by atoms with van der Waals surface area (Å²) in [7, 11) is 2.01. The molecule has 2 aromatic heterocycles. The molecule has 1 aliphatic heterocycles. The molecule has 0 amide bonds. The first-order valence-corrected chi connectivity index (χ1v) is 10.4. The Morgan fingerprint density at radius 1 is 1.12 bits per heavy atom. The van der Waals surface area contributed by atoms with E-state index in [9.17, 15) is 9.90 Å². The number of carboxylic acids is 1. The number of benzene rings is 2. The maximum Gasteiger partial charge on any atom is 0.337 e. The van der Waals surface area contributed by atoms with Crippen LogP contribution >= 0.6 is 0 Å². The van der Waals surface area contributed by atoms with Gasteiger partial charge < -0.3 is 24.6 Å². The summed E-state index contributed by atoms with van der Waals surface area (Å²) in [6.45, 7) is 2.52. The van der Waals surface area contributed by atoms with Crippen LogP contribution < -0.4 is 10.2 Å². The lowest BCUT2D eigenvalue weighted by Gasteiger charge is -2.30. The number of nitrogens with one attached hydrogen (secondary N) is 1. The number of fused-ring (bicyclic) bond motifs is 1. The standard InChI is InChI=1S/C24H23N5O3/c1-28-15-19(17-4-2-3-5-21(17)28)20-8-9-25-24(27-20)26-16-6-7-22(18(14-16)23(30)31)29-10-12-32-13-11-29/h2-9,14-15H,10-13H2,1H3,(H,30,31)(H,25,26,27). The highest BCUT2D eigenvalue weighted by atomic mass is 16.5. The number of para-hydroxylation sites is 1. The van der Waals surface area contributed by atoms with Crippen LogP contribution in [0.4, 0.5) is 17.3 Å². The van der Waals surface area contributed by atoms with Crippen LogP contribution in [0.5, 0.6) is 0 Å². The Morgan fingerprint density at radius 3 is 2.75 bits per heavy atom. The number of ether oxygens (including phenoxy) is 1. The van der Waals surface area contributed by atoms with Gasteiger partial charge in [-0.25, -0.2) is 14.8 Å². The average Bonchev–Trinajstić information content (AvgIpc) is 3.16. The van der Waals surface area contributed by atoms with Gasteiger partial charge in [0.25, 0.3) is 0 Å². The molecule has 1 aliphatic rings. The van der Waals surface area contributed by atoms with E-state index in [2.05, 4.69) is 38.2 Å². The summed E-state index contributed by atoms with van der Waals surface area (Å²) < 4.78 is 7.45. The fourth-order valence-corrected chi connectivity index (χ4v) is 4.11. The minimum absolute atomic E-state index is 0.238. The summed E-state index contributed by atoms with van der Waals surface area (Å²) in [5.74, 6) is -0.563. The molecule has 1 fully saturated rings. The number of morpholine rings is 1. The smallest absolute Gasteiger partial charge is 0.337 e. The van der Waals surface area contributed by atoms with Crippen LogP contribution in [0.15, 0.2) is 60.9 Å². The van der Waals surface area contributed by atoms with E-state index in [-0.39, 0.29) is 5.56 Å². The number of rotatable bonds is 5. The van der Waals surface area contributed by atoms with E-state index in [4.69, 9.17) is 4.74 Å². The zero-order chi connectivity index (χ0) is 22.1. The summed E-state index contributed by atoms with van der Waals surface area (Å²) in [6, 6.07) is 15.3. The molecule has 4 aromatic rings. The van der Waals surface area contributed by atoms with Gasteiger partial charge in [-0.05, 0) is 30.3 Å². The molecule has 0 saturated carbocycles. The second-order valence-electron chi connectivity index (χ2n) is 7.70. The van der Waals surface area contributed by atoms with Crippen molar-refractivity contribution in [2.45, 2.75) is 0 Å². The van der Waals surface area contributed by atoms with Gasteiger partial charge in [-0.3, -0.25) is 0 Å². The van der Waals surface area contributed by atoms with Gasteiger partial charge in [-0.2, -0.15) is 0 Å². The first-order chi connectivity index (χ1) is 15.6. The van der Waals surface area contributed by atoms with Gasteiger partial charge >= 0.3 is 5.97 Å². The Morgan fingerprint density at radius 2 is 1.94 bits per heavy atom. The van der Waals surface area contributed by atoms with Crippen LogP contribution in [0.3, 0.4) is 0 Å². The Labute approximate surface area is 185 Å². The minimum atomic E-state index is -0.972. The zero-order valence-corrected chi connectivity index (χ0v) is 17.7. The van der Waals surface area contributed by atoms with Crippen LogP contribution in [-0.2, 0) is 11.8 Å². The SMILES string of the molecule is Cn1cc(-c2ccnc(Nc3ccc(N4CCOCC4)c(C(=O)O)c3)n2)c2ccccc21. The third-order valence-electron chi connectivity index (χ3n) is 5.66. The maximum atomic E-state index is 11.9. The number of anilines is 3. The molecule has 0 unspecified atom stereocenters. The average molecular weight is 429 g/mol. The maximum absolute atomic E-state index is 11.9. The van der Waals surface area contributed by atoms with Crippen LogP contribution in [0.1, 0.15) is 10.4 Å². The molecule has 0 atom stereocenters. The first kappa shape index (κ1) is 20.0. The van der Waals surface area contributed by atoms with E-state index >= 15 is 0 Å². The van der Waals surface area contributed by atoms with Gasteiger partial charge in [0.2, 0.25) is 5.95 Å². The van der Waals surface area contributed by atoms with Crippen LogP contribution in [0.25, 0.3) is 22.2 Å². The molecule has 8 nitrogen and oxygen atoms in total. The fraction of sp³-hybridized carbons (Fsp3) is 0.208. The number of aryl methyl sites for hydroxylation is 1. The molecule has 2 N–H and O–H groups in total. The number of aromatic nitrogens is 3. The van der Waals surface area contributed by atoms with Crippen molar-refractivity contribution in [1.29, 1.82) is 0 Å². The molecule has 8 heteroatoms. The third-order valence-corrected chi connectivity index (χ3v) is 5.66. The molecule has 0 radical (unpaired) electrons. The number of hydrogen-bond acceptors (Lipinski definition) is 6. The van der Waals surface area contributed by atoms with E-state index in [0.717, 1.165) is 22.2 Å². The Balaban J connectivity index is 1.45. The van der Waals surface area contributed by atoms with Gasteiger partial charge in [0.1, 0.15) is 0 Å². The zero-order valence-electron chi connectivity index (χ0n) is 17.7. The van der Waals surface area contributed by atoms with Crippen molar-refractivity contribution in [2.24, 2.45) is 7.05 Å². The quantitative estimate of drug-likeness (QED) is 0.497. The number of aromatic carboxylic acids is 1. The highest BCUT2D eigenvalue weighted by Crippen LogP contribution is 2.30. The molecule has 2 aromatic carbocycles. The molecule has 32 heavy (non-hydrogen) atoms. The van der Waals surface area contributed by atoms with Crippen molar-refractivity contribution in [3.05, 3.63) is 66.5 Å². The second-order valence-corrected chi connectivity index (χ2v) is 7.70. The number of carbonyl (C=O) groups is 1. The summed E-state index contributed by atoms with van der Waals surface area (Å²) in [5, 5.41) is 14.0.